The summed E-state index contributed by atoms with van der Waals surface area (Å²) in [6.07, 6.45) is 0. The number of carbonyl (C=O) groups excluding carboxylic acids is 2. The second-order valence-corrected chi connectivity index (χ2v) is 9.12. The van der Waals surface area contributed by atoms with Gasteiger partial charge in [0.05, 0.1) is 12.8 Å². The first-order valence-electron chi connectivity index (χ1n) is 12.1. The molecule has 3 aromatic carbocycles. The quantitative estimate of drug-likeness (QED) is 0.444. The molecule has 1 N–H and O–H groups in total. The fourth-order valence-electron chi connectivity index (χ4n) is 4.65. The van der Waals surface area contributed by atoms with Crippen LogP contribution >= 0.6 is 0 Å². The zero-order chi connectivity index (χ0) is 25.1. The first-order valence-corrected chi connectivity index (χ1v) is 12.1. The van der Waals surface area contributed by atoms with E-state index in [1.165, 1.54) is 0 Å². The maximum Gasteiger partial charge on any atom is 0.272 e. The molecule has 1 aliphatic heterocycles. The number of hydrogen-bond donors (Lipinski definition) is 1. The number of likely N-dealkylation sites (N-methyl/N-ethyl adjacent to an activating group) is 1. The Morgan fingerprint density at radius 1 is 0.889 bits per heavy atom. The predicted octanol–water partition coefficient (Wildman–Crippen LogP) is 4.34. The summed E-state index contributed by atoms with van der Waals surface area (Å²) < 4.78 is 7.53. The molecule has 7 heteroatoms. The lowest BCUT2D eigenvalue weighted by Gasteiger charge is -2.32. The highest BCUT2D eigenvalue weighted by Gasteiger charge is 2.23. The van der Waals surface area contributed by atoms with Crippen molar-refractivity contribution >= 4 is 28.4 Å². The molecule has 2 heterocycles. The third-order valence-electron chi connectivity index (χ3n) is 6.71. The second kappa shape index (κ2) is 10.3. The third-order valence-corrected chi connectivity index (χ3v) is 6.71. The Kier molecular flexibility index (Phi) is 6.73. The van der Waals surface area contributed by atoms with Gasteiger partial charge in [0.1, 0.15) is 11.4 Å². The molecule has 1 saturated heterocycles. The van der Waals surface area contributed by atoms with Crippen molar-refractivity contribution in [1.82, 2.24) is 14.4 Å². The maximum atomic E-state index is 13.6. The largest absolute Gasteiger partial charge is 0.495 e. The molecule has 184 valence electrons. The van der Waals surface area contributed by atoms with Gasteiger partial charge in [-0.2, -0.15) is 0 Å². The summed E-state index contributed by atoms with van der Waals surface area (Å²) in [6, 6.07) is 25.1. The number of nitrogens with one attached hydrogen (secondary N) is 1. The van der Waals surface area contributed by atoms with Crippen LogP contribution in [0.2, 0.25) is 0 Å². The monoisotopic (exact) mass is 482 g/mol. The van der Waals surface area contributed by atoms with Crippen LogP contribution in [-0.4, -0.2) is 66.5 Å². The molecular weight excluding hydrogens is 452 g/mol. The molecule has 36 heavy (non-hydrogen) atoms. The molecule has 0 spiro atoms. The van der Waals surface area contributed by atoms with Crippen molar-refractivity contribution in [3.8, 4) is 5.75 Å². The normalized spacial score (nSPS) is 14.1. The Bertz CT molecular complexity index is 1390. The zero-order valence-corrected chi connectivity index (χ0v) is 20.6. The van der Waals surface area contributed by atoms with Gasteiger partial charge in [0.15, 0.2) is 0 Å². The minimum atomic E-state index is -0.260. The number of piperazine rings is 1. The molecule has 0 bridgehead atoms. The van der Waals surface area contributed by atoms with E-state index in [2.05, 4.69) is 17.3 Å². The minimum Gasteiger partial charge on any atom is -0.495 e. The maximum absolute atomic E-state index is 13.6. The summed E-state index contributed by atoms with van der Waals surface area (Å²) in [7, 11) is 3.61. The third kappa shape index (κ3) is 4.83. The molecule has 0 atom stereocenters. The van der Waals surface area contributed by atoms with E-state index in [9.17, 15) is 9.59 Å². The van der Waals surface area contributed by atoms with Gasteiger partial charge in [-0.25, -0.2) is 0 Å². The van der Waals surface area contributed by atoms with Crippen molar-refractivity contribution in [2.24, 2.45) is 0 Å². The lowest BCUT2D eigenvalue weighted by molar-refractivity contribution is 0.0664. The minimum absolute atomic E-state index is 0.0422. The number of methoxy groups -OCH3 is 1. The number of nitrogens with zero attached hydrogens (tertiary/aromatic N) is 3. The highest BCUT2D eigenvalue weighted by molar-refractivity contribution is 6.08. The van der Waals surface area contributed by atoms with Gasteiger partial charge < -0.3 is 24.4 Å². The molecule has 0 unspecified atom stereocenters. The molecule has 0 aliphatic carbocycles. The summed E-state index contributed by atoms with van der Waals surface area (Å²) in [5.41, 5.74) is 3.63. The number of anilines is 1. The standard InChI is InChI=1S/C29H30N4O3/c1-31-14-16-32(17-15-31)29(35)23-12-13-27(36-2)24(18-23)30-28(34)26-19-22-10-6-7-11-25(22)33(26)20-21-8-4-3-5-9-21/h3-13,18-19H,14-17,20H2,1-2H3,(H,30,34). The van der Waals surface area contributed by atoms with Crippen LogP contribution in [0, 0.1) is 0 Å². The van der Waals surface area contributed by atoms with Crippen LogP contribution in [0.4, 0.5) is 5.69 Å². The molecule has 0 radical (unpaired) electrons. The predicted molar refractivity (Wildman–Crippen MR) is 142 cm³/mol. The summed E-state index contributed by atoms with van der Waals surface area (Å²) >= 11 is 0. The Labute approximate surface area is 210 Å². The van der Waals surface area contributed by atoms with E-state index in [4.69, 9.17) is 4.74 Å². The molecular formula is C29H30N4O3. The lowest BCUT2D eigenvalue weighted by Crippen LogP contribution is -2.47. The Hall–Kier alpha value is -4.10. The lowest BCUT2D eigenvalue weighted by atomic mass is 10.1. The van der Waals surface area contributed by atoms with Gasteiger partial charge in [-0.15, -0.1) is 0 Å². The van der Waals surface area contributed by atoms with Crippen molar-refractivity contribution in [2.75, 3.05) is 45.7 Å². The fraction of sp³-hybridized carbons (Fsp3) is 0.241. The Morgan fingerprint density at radius 3 is 2.36 bits per heavy atom. The zero-order valence-electron chi connectivity index (χ0n) is 20.6. The fourth-order valence-corrected chi connectivity index (χ4v) is 4.65. The number of amides is 2. The molecule has 0 saturated carbocycles. The summed E-state index contributed by atoms with van der Waals surface area (Å²) in [6.45, 7) is 3.62. The van der Waals surface area contributed by atoms with Gasteiger partial charge in [0, 0.05) is 49.2 Å². The molecule has 4 aromatic rings. The Balaban J connectivity index is 1.45. The number of ether oxygens (including phenoxy) is 1. The molecule has 1 aliphatic rings. The van der Waals surface area contributed by atoms with Gasteiger partial charge >= 0.3 is 0 Å². The first kappa shape index (κ1) is 23.6. The van der Waals surface area contributed by atoms with Gasteiger partial charge in [-0.3, -0.25) is 9.59 Å². The van der Waals surface area contributed by atoms with E-state index in [-0.39, 0.29) is 11.8 Å². The number of carbonyl (C=O) groups is 2. The van der Waals surface area contributed by atoms with Crippen LogP contribution in [0.3, 0.4) is 0 Å². The number of aromatic nitrogens is 1. The number of benzene rings is 3. The van der Waals surface area contributed by atoms with Gasteiger partial charge in [0.2, 0.25) is 0 Å². The first-order chi connectivity index (χ1) is 17.5. The molecule has 2 amide bonds. The van der Waals surface area contributed by atoms with E-state index in [1.807, 2.05) is 70.1 Å². The van der Waals surface area contributed by atoms with E-state index in [0.717, 1.165) is 29.6 Å². The topological polar surface area (TPSA) is 66.8 Å². The Morgan fingerprint density at radius 2 is 1.61 bits per heavy atom. The summed E-state index contributed by atoms with van der Waals surface area (Å²) in [5.74, 6) is 0.202. The average molecular weight is 483 g/mol. The van der Waals surface area contributed by atoms with E-state index in [0.29, 0.717) is 42.3 Å². The van der Waals surface area contributed by atoms with Crippen LogP contribution in [-0.2, 0) is 6.54 Å². The number of para-hydroxylation sites is 1. The molecule has 5 rings (SSSR count). The van der Waals surface area contributed by atoms with Crippen molar-refractivity contribution < 1.29 is 14.3 Å². The van der Waals surface area contributed by atoms with Crippen LogP contribution < -0.4 is 10.1 Å². The van der Waals surface area contributed by atoms with E-state index in [1.54, 1.807) is 25.3 Å². The second-order valence-electron chi connectivity index (χ2n) is 9.12. The van der Waals surface area contributed by atoms with E-state index >= 15 is 0 Å². The van der Waals surface area contributed by atoms with Crippen LogP contribution in [0.5, 0.6) is 5.75 Å². The van der Waals surface area contributed by atoms with Gasteiger partial charge in [-0.05, 0) is 42.9 Å². The highest BCUT2D eigenvalue weighted by Crippen LogP contribution is 2.28. The van der Waals surface area contributed by atoms with Crippen molar-refractivity contribution in [3.05, 3.63) is 95.7 Å². The molecule has 1 aromatic heterocycles. The highest BCUT2D eigenvalue weighted by atomic mass is 16.5. The van der Waals surface area contributed by atoms with Gasteiger partial charge in [-0.1, -0.05) is 48.5 Å². The van der Waals surface area contributed by atoms with E-state index < -0.39 is 0 Å². The van der Waals surface area contributed by atoms with Crippen LogP contribution in [0.1, 0.15) is 26.4 Å². The molecule has 1 fully saturated rings. The number of fused-ring (bicyclic) bond motifs is 1. The van der Waals surface area contributed by atoms with Crippen LogP contribution in [0.15, 0.2) is 78.9 Å². The summed E-state index contributed by atoms with van der Waals surface area (Å²) in [5, 5.41) is 4.00. The van der Waals surface area contributed by atoms with Crippen LogP contribution in [0.25, 0.3) is 10.9 Å². The van der Waals surface area contributed by atoms with Crippen molar-refractivity contribution in [2.45, 2.75) is 6.54 Å². The van der Waals surface area contributed by atoms with Crippen molar-refractivity contribution in [1.29, 1.82) is 0 Å². The number of hydrogen-bond acceptors (Lipinski definition) is 4. The van der Waals surface area contributed by atoms with Crippen molar-refractivity contribution in [3.63, 3.8) is 0 Å². The SMILES string of the molecule is COc1ccc(C(=O)N2CCN(C)CC2)cc1NC(=O)c1cc2ccccc2n1Cc1ccccc1. The average Bonchev–Trinajstić information content (AvgIpc) is 3.28. The smallest absolute Gasteiger partial charge is 0.272 e. The van der Waals surface area contributed by atoms with Gasteiger partial charge in [0.25, 0.3) is 11.8 Å². The molecule has 7 nitrogen and oxygen atoms in total. The summed E-state index contributed by atoms with van der Waals surface area (Å²) in [4.78, 5) is 30.8. The number of rotatable bonds is 6.